The van der Waals surface area contributed by atoms with Gasteiger partial charge in [-0.25, -0.2) is 14.4 Å². The number of hydrogen-bond donors (Lipinski definition) is 3. The first-order valence-electron chi connectivity index (χ1n) is 12.4. The molecule has 2 bridgehead atoms. The van der Waals surface area contributed by atoms with Crippen LogP contribution in [0.2, 0.25) is 0 Å². The molecule has 4 aliphatic rings. The number of methoxy groups -OCH3 is 1. The van der Waals surface area contributed by atoms with Crippen LogP contribution < -0.4 is 20.1 Å². The van der Waals surface area contributed by atoms with Crippen LogP contribution in [-0.2, 0) is 22.5 Å². The van der Waals surface area contributed by atoms with Crippen LogP contribution in [0.1, 0.15) is 36.9 Å². The molecule has 3 aromatic rings. The summed E-state index contributed by atoms with van der Waals surface area (Å²) in [5, 5.41) is 19.9. The van der Waals surface area contributed by atoms with E-state index >= 15 is 0 Å². The van der Waals surface area contributed by atoms with E-state index in [0.717, 1.165) is 24.7 Å². The van der Waals surface area contributed by atoms with Gasteiger partial charge in [-0.3, -0.25) is 9.78 Å². The summed E-state index contributed by atoms with van der Waals surface area (Å²) in [6.45, 7) is 0.882. The SMILES string of the molecule is COc1ccc2ncc(F)c(CC(=NO)C34CCC(NCc5ccc6c(n5)NC(=O)CO6)(CC3)CO4)c2n1. The van der Waals surface area contributed by atoms with Gasteiger partial charge in [0.05, 0.1) is 42.4 Å². The molecular formula is C26H27FN6O5. The van der Waals surface area contributed by atoms with E-state index in [1.165, 1.54) is 7.11 Å². The normalized spacial score (nSPS) is 24.6. The highest BCUT2D eigenvalue weighted by Crippen LogP contribution is 2.45. The first-order valence-corrected chi connectivity index (χ1v) is 12.4. The number of amides is 1. The summed E-state index contributed by atoms with van der Waals surface area (Å²) in [7, 11) is 1.49. The van der Waals surface area contributed by atoms with Gasteiger partial charge in [-0.2, -0.15) is 0 Å². The van der Waals surface area contributed by atoms with E-state index in [1.54, 1.807) is 18.2 Å². The Hall–Kier alpha value is -3.90. The zero-order valence-electron chi connectivity index (χ0n) is 20.8. The molecule has 3 N–H and O–H groups in total. The second-order valence-corrected chi connectivity index (χ2v) is 9.93. The topological polar surface area (TPSA) is 140 Å². The monoisotopic (exact) mass is 522 g/mol. The third kappa shape index (κ3) is 4.29. The molecule has 0 aromatic carbocycles. The Bertz CT molecular complexity index is 1420. The van der Waals surface area contributed by atoms with Crippen molar-refractivity contribution in [1.82, 2.24) is 20.3 Å². The van der Waals surface area contributed by atoms with Crippen LogP contribution in [0.15, 0.2) is 35.6 Å². The van der Waals surface area contributed by atoms with Crippen molar-refractivity contribution >= 4 is 28.5 Å². The number of hydrogen-bond acceptors (Lipinski definition) is 10. The Morgan fingerprint density at radius 2 is 2.08 bits per heavy atom. The van der Waals surface area contributed by atoms with E-state index in [0.29, 0.717) is 60.2 Å². The number of rotatable bonds is 7. The molecule has 7 rings (SSSR count). The number of fused-ring (bicyclic) bond motifs is 5. The molecule has 3 aliphatic heterocycles. The Labute approximate surface area is 217 Å². The van der Waals surface area contributed by atoms with E-state index in [9.17, 15) is 14.4 Å². The molecule has 0 radical (unpaired) electrons. The average molecular weight is 523 g/mol. The van der Waals surface area contributed by atoms with Crippen LogP contribution in [0.4, 0.5) is 10.2 Å². The van der Waals surface area contributed by atoms with Gasteiger partial charge in [0.15, 0.2) is 18.2 Å². The molecule has 11 nitrogen and oxygen atoms in total. The maximum atomic E-state index is 14.9. The Morgan fingerprint density at radius 1 is 1.24 bits per heavy atom. The van der Waals surface area contributed by atoms with E-state index in [-0.39, 0.29) is 30.0 Å². The van der Waals surface area contributed by atoms with Gasteiger partial charge in [-0.05, 0) is 43.9 Å². The predicted molar refractivity (Wildman–Crippen MR) is 134 cm³/mol. The van der Waals surface area contributed by atoms with Crippen molar-refractivity contribution in [3.05, 3.63) is 47.5 Å². The van der Waals surface area contributed by atoms with Gasteiger partial charge in [0.1, 0.15) is 11.4 Å². The second-order valence-electron chi connectivity index (χ2n) is 9.93. The molecule has 1 saturated carbocycles. The molecule has 6 heterocycles. The molecule has 3 fully saturated rings. The fourth-order valence-corrected chi connectivity index (χ4v) is 5.49. The van der Waals surface area contributed by atoms with E-state index < -0.39 is 11.4 Å². The van der Waals surface area contributed by atoms with Crippen molar-refractivity contribution in [2.24, 2.45) is 5.16 Å². The number of ether oxygens (including phenoxy) is 3. The van der Waals surface area contributed by atoms with Crippen molar-refractivity contribution in [2.45, 2.75) is 49.8 Å². The minimum atomic E-state index is -0.787. The van der Waals surface area contributed by atoms with Gasteiger partial charge in [0, 0.05) is 30.1 Å². The molecule has 0 atom stereocenters. The molecule has 1 aliphatic carbocycles. The number of nitrogens with one attached hydrogen (secondary N) is 2. The lowest BCUT2D eigenvalue weighted by Crippen LogP contribution is -2.64. The summed E-state index contributed by atoms with van der Waals surface area (Å²) in [6, 6.07) is 7.05. The standard InChI is InChI=1S/C26H27FN6O5/c1-36-22-5-3-18-23(32-22)16(17(27)12-28-18)10-20(33-35)26-8-6-25(7-9-26,14-38-26)29-11-15-2-4-19-24(30-15)31-21(34)13-37-19/h2-5,12,29,35H,6-11,13-14H2,1H3,(H,30,31,34). The van der Waals surface area contributed by atoms with E-state index in [2.05, 4.69) is 30.7 Å². The van der Waals surface area contributed by atoms with Crippen molar-refractivity contribution in [3.63, 3.8) is 0 Å². The summed E-state index contributed by atoms with van der Waals surface area (Å²) in [4.78, 5) is 24.6. The van der Waals surface area contributed by atoms with Gasteiger partial charge in [0.25, 0.3) is 5.91 Å². The maximum absolute atomic E-state index is 14.9. The van der Waals surface area contributed by atoms with E-state index in [1.807, 2.05) is 6.07 Å². The largest absolute Gasteiger partial charge is 0.481 e. The summed E-state index contributed by atoms with van der Waals surface area (Å²) in [5.41, 5.74) is 1.27. The van der Waals surface area contributed by atoms with Gasteiger partial charge in [-0.15, -0.1) is 0 Å². The maximum Gasteiger partial charge on any atom is 0.263 e. The molecule has 1 amide bonds. The number of nitrogens with zero attached hydrogens (tertiary/aromatic N) is 4. The minimum absolute atomic E-state index is 0.0116. The fourth-order valence-electron chi connectivity index (χ4n) is 5.49. The number of anilines is 1. The third-order valence-corrected chi connectivity index (χ3v) is 7.76. The molecule has 0 unspecified atom stereocenters. The van der Waals surface area contributed by atoms with Gasteiger partial charge in [0.2, 0.25) is 5.88 Å². The number of carbonyl (C=O) groups excluding carboxylic acids is 1. The van der Waals surface area contributed by atoms with Gasteiger partial charge < -0.3 is 30.1 Å². The average Bonchev–Trinajstić information content (AvgIpc) is 2.96. The van der Waals surface area contributed by atoms with Crippen LogP contribution in [0, 0.1) is 5.82 Å². The number of oxime groups is 1. The third-order valence-electron chi connectivity index (χ3n) is 7.76. The van der Waals surface area contributed by atoms with Crippen molar-refractivity contribution in [1.29, 1.82) is 0 Å². The quantitative estimate of drug-likeness (QED) is 0.243. The minimum Gasteiger partial charge on any atom is -0.481 e. The smallest absolute Gasteiger partial charge is 0.263 e. The number of halogens is 1. The highest BCUT2D eigenvalue weighted by Gasteiger charge is 2.52. The molecular weight excluding hydrogens is 495 g/mol. The van der Waals surface area contributed by atoms with Crippen molar-refractivity contribution in [2.75, 3.05) is 25.6 Å². The highest BCUT2D eigenvalue weighted by atomic mass is 19.1. The van der Waals surface area contributed by atoms with Crippen LogP contribution in [0.25, 0.3) is 11.0 Å². The first-order chi connectivity index (χ1) is 18.4. The second kappa shape index (κ2) is 9.44. The molecule has 38 heavy (non-hydrogen) atoms. The number of aromatic nitrogens is 3. The molecule has 3 aromatic heterocycles. The summed E-state index contributed by atoms with van der Waals surface area (Å²) in [6.07, 6.45) is 3.98. The Morgan fingerprint density at radius 3 is 2.82 bits per heavy atom. The van der Waals surface area contributed by atoms with Gasteiger partial charge >= 0.3 is 0 Å². The number of carbonyl (C=O) groups is 1. The molecule has 0 spiro atoms. The zero-order chi connectivity index (χ0) is 26.3. The molecule has 12 heteroatoms. The lowest BCUT2D eigenvalue weighted by Gasteiger charge is -2.53. The lowest BCUT2D eigenvalue weighted by molar-refractivity contribution is -0.125. The zero-order valence-corrected chi connectivity index (χ0v) is 20.8. The summed E-state index contributed by atoms with van der Waals surface area (Å²) < 4.78 is 31.9. The Kier molecular flexibility index (Phi) is 6.07. The predicted octanol–water partition coefficient (Wildman–Crippen LogP) is 2.75. The van der Waals surface area contributed by atoms with Crippen molar-refractivity contribution < 1.29 is 28.6 Å². The Balaban J connectivity index is 1.16. The molecule has 198 valence electrons. The lowest BCUT2D eigenvalue weighted by atomic mass is 9.68. The fraction of sp³-hybridized carbons (Fsp3) is 0.423. The van der Waals surface area contributed by atoms with Crippen LogP contribution in [-0.4, -0.2) is 63.2 Å². The van der Waals surface area contributed by atoms with Gasteiger partial charge in [-0.1, -0.05) is 5.16 Å². The van der Waals surface area contributed by atoms with E-state index in [4.69, 9.17) is 14.2 Å². The van der Waals surface area contributed by atoms with Crippen LogP contribution >= 0.6 is 0 Å². The highest BCUT2D eigenvalue weighted by molar-refractivity contribution is 5.97. The number of pyridine rings is 3. The van der Waals surface area contributed by atoms with Crippen molar-refractivity contribution in [3.8, 4) is 11.6 Å². The summed E-state index contributed by atoms with van der Waals surface area (Å²) in [5.74, 6) is 0.564. The first kappa shape index (κ1) is 24.4. The van der Waals surface area contributed by atoms with Crippen LogP contribution in [0.3, 0.4) is 0 Å². The summed E-state index contributed by atoms with van der Waals surface area (Å²) >= 11 is 0. The van der Waals surface area contributed by atoms with Crippen LogP contribution in [0.5, 0.6) is 11.6 Å². The molecule has 2 saturated heterocycles.